The van der Waals surface area contributed by atoms with Gasteiger partial charge in [0.15, 0.2) is 0 Å². The minimum absolute atomic E-state index is 0.0210. The van der Waals surface area contributed by atoms with E-state index in [0.29, 0.717) is 25.2 Å². The van der Waals surface area contributed by atoms with Crippen LogP contribution in [0.25, 0.3) is 0 Å². The van der Waals surface area contributed by atoms with E-state index in [9.17, 15) is 14.9 Å². The molecule has 0 spiro atoms. The quantitative estimate of drug-likeness (QED) is 0.612. The number of hydrogen-bond donors (Lipinski definition) is 1. The van der Waals surface area contributed by atoms with E-state index in [0.717, 1.165) is 10.6 Å². The summed E-state index contributed by atoms with van der Waals surface area (Å²) in [7, 11) is 0. The molecule has 2 rings (SSSR count). The van der Waals surface area contributed by atoms with Crippen LogP contribution in [-0.2, 0) is 13.0 Å². The molecule has 0 bridgehead atoms. The molecule has 0 atom stereocenters. The van der Waals surface area contributed by atoms with Gasteiger partial charge in [-0.25, -0.2) is 4.98 Å². The van der Waals surface area contributed by atoms with Crippen molar-refractivity contribution in [1.82, 2.24) is 9.88 Å². The zero-order chi connectivity index (χ0) is 17.7. The molecule has 0 aliphatic rings. The van der Waals surface area contributed by atoms with Crippen LogP contribution < -0.4 is 5.73 Å². The molecule has 1 aromatic carbocycles. The van der Waals surface area contributed by atoms with E-state index in [1.54, 1.807) is 22.4 Å². The van der Waals surface area contributed by atoms with Crippen molar-refractivity contribution in [3.63, 3.8) is 0 Å². The summed E-state index contributed by atoms with van der Waals surface area (Å²) in [4.78, 5) is 29.0. The van der Waals surface area contributed by atoms with Gasteiger partial charge in [-0.1, -0.05) is 12.1 Å². The first kappa shape index (κ1) is 18.0. The maximum Gasteiger partial charge on any atom is 0.273 e. The number of hydrogen-bond acceptors (Lipinski definition) is 6. The Bertz CT molecular complexity index is 712. The highest BCUT2D eigenvalue weighted by atomic mass is 32.1. The molecule has 0 radical (unpaired) electrons. The predicted octanol–water partition coefficient (Wildman–Crippen LogP) is 2.60. The molecule has 2 N–H and O–H groups in total. The monoisotopic (exact) mass is 348 g/mol. The molecule has 0 aliphatic heterocycles. The number of thiazole rings is 1. The van der Waals surface area contributed by atoms with Crippen molar-refractivity contribution >= 4 is 22.9 Å². The number of aromatic nitrogens is 1. The third-order valence-electron chi connectivity index (χ3n) is 3.51. The first-order valence-corrected chi connectivity index (χ1v) is 8.49. The van der Waals surface area contributed by atoms with Gasteiger partial charge in [0.2, 0.25) is 0 Å². The van der Waals surface area contributed by atoms with Crippen LogP contribution >= 0.6 is 11.3 Å². The fourth-order valence-corrected chi connectivity index (χ4v) is 2.99. The zero-order valence-electron chi connectivity index (χ0n) is 13.6. The first-order valence-electron chi connectivity index (χ1n) is 7.61. The summed E-state index contributed by atoms with van der Waals surface area (Å²) in [6, 6.07) is 6.21. The summed E-state index contributed by atoms with van der Waals surface area (Å²) in [5.74, 6) is -0.150. The van der Waals surface area contributed by atoms with Crippen LogP contribution in [0.4, 0.5) is 5.69 Å². The Morgan fingerprint density at radius 2 is 2.04 bits per heavy atom. The molecular formula is C16H20N4O3S. The molecule has 2 aromatic rings. The number of nitro benzene ring substituents is 1. The largest absolute Gasteiger partial charge is 0.331 e. The Kier molecular flexibility index (Phi) is 5.99. The summed E-state index contributed by atoms with van der Waals surface area (Å²) in [5, 5.41) is 13.3. The van der Waals surface area contributed by atoms with Crippen LogP contribution in [-0.4, -0.2) is 33.3 Å². The molecule has 0 aliphatic carbocycles. The number of non-ortho nitro benzene ring substituents is 1. The molecule has 0 unspecified atom stereocenters. The third kappa shape index (κ3) is 4.36. The molecule has 24 heavy (non-hydrogen) atoms. The predicted molar refractivity (Wildman–Crippen MR) is 93.0 cm³/mol. The lowest BCUT2D eigenvalue weighted by Crippen LogP contribution is -2.36. The Hall–Kier alpha value is -2.32. The Labute approximate surface area is 144 Å². The summed E-state index contributed by atoms with van der Waals surface area (Å²) in [5.41, 5.74) is 6.80. The second-order valence-electron chi connectivity index (χ2n) is 5.62. The molecule has 0 saturated heterocycles. The number of benzene rings is 1. The normalized spacial score (nSPS) is 10.8. The molecule has 8 heteroatoms. The lowest BCUT2D eigenvalue weighted by Gasteiger charge is -2.26. The fraction of sp³-hybridized carbons (Fsp3) is 0.375. The van der Waals surface area contributed by atoms with Gasteiger partial charge in [0.05, 0.1) is 9.93 Å². The Morgan fingerprint density at radius 1 is 1.38 bits per heavy atom. The lowest BCUT2D eigenvalue weighted by molar-refractivity contribution is -0.384. The van der Waals surface area contributed by atoms with Crippen LogP contribution in [0, 0.1) is 10.1 Å². The Balaban J connectivity index is 2.15. The van der Waals surface area contributed by atoms with Gasteiger partial charge in [-0.2, -0.15) is 0 Å². The Morgan fingerprint density at radius 3 is 2.58 bits per heavy atom. The zero-order valence-corrected chi connectivity index (χ0v) is 14.5. The number of rotatable bonds is 7. The van der Waals surface area contributed by atoms with Gasteiger partial charge in [0, 0.05) is 36.5 Å². The van der Waals surface area contributed by atoms with Crippen LogP contribution in [0.15, 0.2) is 29.6 Å². The minimum Gasteiger partial charge on any atom is -0.331 e. The maximum absolute atomic E-state index is 12.7. The highest BCUT2D eigenvalue weighted by Gasteiger charge is 2.21. The molecule has 7 nitrogen and oxygen atoms in total. The third-order valence-corrected chi connectivity index (χ3v) is 4.42. The van der Waals surface area contributed by atoms with E-state index in [4.69, 9.17) is 5.73 Å². The van der Waals surface area contributed by atoms with Gasteiger partial charge in [0.1, 0.15) is 5.69 Å². The van der Waals surface area contributed by atoms with E-state index < -0.39 is 4.92 Å². The molecule has 1 amide bonds. The molecular weight excluding hydrogens is 328 g/mol. The minimum atomic E-state index is -0.441. The standard InChI is InChI=1S/C16H20N4O3S/c1-11(2)19(9-12-3-5-13(6-4-12)20(22)23)16(21)14-10-24-15(18-14)7-8-17/h3-6,10-11H,7-9,17H2,1-2H3. The molecule has 0 fully saturated rings. The van der Waals surface area contributed by atoms with Gasteiger partial charge in [-0.05, 0) is 26.0 Å². The van der Waals surface area contributed by atoms with E-state index in [1.165, 1.54) is 23.5 Å². The topological polar surface area (TPSA) is 102 Å². The SMILES string of the molecule is CC(C)N(Cc1ccc([N+](=O)[O-])cc1)C(=O)c1csc(CCN)n1. The summed E-state index contributed by atoms with van der Waals surface area (Å²) in [6.07, 6.45) is 0.655. The highest BCUT2D eigenvalue weighted by molar-refractivity contribution is 7.09. The average molecular weight is 348 g/mol. The first-order chi connectivity index (χ1) is 11.4. The van der Waals surface area contributed by atoms with Crippen molar-refractivity contribution in [3.8, 4) is 0 Å². The van der Waals surface area contributed by atoms with E-state index in [2.05, 4.69) is 4.98 Å². The summed E-state index contributed by atoms with van der Waals surface area (Å²) < 4.78 is 0. The number of amides is 1. The second kappa shape index (κ2) is 7.98. The number of carbonyl (C=O) groups is 1. The van der Waals surface area contributed by atoms with Gasteiger partial charge < -0.3 is 10.6 Å². The van der Waals surface area contributed by atoms with Crippen molar-refractivity contribution < 1.29 is 9.72 Å². The van der Waals surface area contributed by atoms with E-state index in [1.807, 2.05) is 13.8 Å². The van der Waals surface area contributed by atoms with Crippen molar-refractivity contribution in [2.75, 3.05) is 6.54 Å². The fourth-order valence-electron chi connectivity index (χ4n) is 2.20. The lowest BCUT2D eigenvalue weighted by atomic mass is 10.1. The van der Waals surface area contributed by atoms with Gasteiger partial charge in [-0.3, -0.25) is 14.9 Å². The smallest absolute Gasteiger partial charge is 0.273 e. The summed E-state index contributed by atoms with van der Waals surface area (Å²) in [6.45, 7) is 4.73. The van der Waals surface area contributed by atoms with Gasteiger partial charge in [0.25, 0.3) is 11.6 Å². The number of nitro groups is 1. The van der Waals surface area contributed by atoms with Gasteiger partial charge in [-0.15, -0.1) is 11.3 Å². The molecule has 1 aromatic heterocycles. The van der Waals surface area contributed by atoms with Crippen LogP contribution in [0.5, 0.6) is 0 Å². The molecule has 0 saturated carbocycles. The van der Waals surface area contributed by atoms with Crippen molar-refractivity contribution in [2.24, 2.45) is 5.73 Å². The van der Waals surface area contributed by atoms with E-state index >= 15 is 0 Å². The van der Waals surface area contributed by atoms with Crippen molar-refractivity contribution in [3.05, 3.63) is 56.0 Å². The van der Waals surface area contributed by atoms with Gasteiger partial charge >= 0.3 is 0 Å². The summed E-state index contributed by atoms with van der Waals surface area (Å²) >= 11 is 1.43. The molecule has 1 heterocycles. The van der Waals surface area contributed by atoms with Crippen molar-refractivity contribution in [1.29, 1.82) is 0 Å². The number of nitrogens with zero attached hydrogens (tertiary/aromatic N) is 3. The second-order valence-corrected chi connectivity index (χ2v) is 6.56. The van der Waals surface area contributed by atoms with Crippen molar-refractivity contribution in [2.45, 2.75) is 32.9 Å². The molecule has 128 valence electrons. The maximum atomic E-state index is 12.7. The highest BCUT2D eigenvalue weighted by Crippen LogP contribution is 2.18. The average Bonchev–Trinajstić information content (AvgIpc) is 3.01. The van der Waals surface area contributed by atoms with Crippen LogP contribution in [0.2, 0.25) is 0 Å². The van der Waals surface area contributed by atoms with Crippen LogP contribution in [0.1, 0.15) is 34.9 Å². The number of nitrogens with two attached hydrogens (primary N) is 1. The van der Waals surface area contributed by atoms with Crippen LogP contribution in [0.3, 0.4) is 0 Å². The van der Waals surface area contributed by atoms with E-state index in [-0.39, 0.29) is 17.6 Å². The number of carbonyl (C=O) groups excluding carboxylic acids is 1.